The normalized spacial score (nSPS) is 16.3. The largest absolute Gasteiger partial charge is 0.522 e. The predicted molar refractivity (Wildman–Crippen MR) is 54.0 cm³/mol. The first-order valence-corrected chi connectivity index (χ1v) is 6.52. The molecule has 0 unspecified atom stereocenters. The Balaban J connectivity index is 2.20. The van der Waals surface area contributed by atoms with Gasteiger partial charge in [0.1, 0.15) is 6.67 Å². The van der Waals surface area contributed by atoms with Crippen LogP contribution < -0.4 is 5.32 Å². The summed E-state index contributed by atoms with van der Waals surface area (Å²) in [6.07, 6.45) is -1.61. The highest BCUT2D eigenvalue weighted by Crippen LogP contribution is 2.16. The van der Waals surface area contributed by atoms with Gasteiger partial charge in [0.05, 0.1) is 12.4 Å². The molecule has 0 aromatic rings. The summed E-state index contributed by atoms with van der Waals surface area (Å²) in [7, 11) is -3.43. The molecule has 0 amide bonds. The maximum atomic E-state index is 11.6. The standard InChI is InChI=1S/C8H13F3N2O3S/c9-8(10,11)16-5-1-2-6-17(14,15)13-4-3-12-7-13/h3-4,12H,1-2,5-7H2. The van der Waals surface area contributed by atoms with Crippen LogP contribution in [-0.2, 0) is 14.8 Å². The number of unbranched alkanes of at least 4 members (excludes halogenated alkanes) is 1. The fourth-order valence-electron chi connectivity index (χ4n) is 1.21. The summed E-state index contributed by atoms with van der Waals surface area (Å²) >= 11 is 0. The number of sulfonamides is 1. The average Bonchev–Trinajstić information content (AvgIpc) is 2.68. The third-order valence-corrected chi connectivity index (χ3v) is 3.80. The second kappa shape index (κ2) is 5.58. The molecule has 0 aromatic carbocycles. The van der Waals surface area contributed by atoms with Crippen molar-refractivity contribution >= 4 is 10.0 Å². The molecule has 1 aliphatic heterocycles. The van der Waals surface area contributed by atoms with Gasteiger partial charge in [0.25, 0.3) is 0 Å². The summed E-state index contributed by atoms with van der Waals surface area (Å²) < 4.78 is 62.6. The molecule has 9 heteroatoms. The number of nitrogens with one attached hydrogen (secondary N) is 1. The van der Waals surface area contributed by atoms with Crippen molar-refractivity contribution in [2.75, 3.05) is 19.0 Å². The maximum Gasteiger partial charge on any atom is 0.522 e. The Morgan fingerprint density at radius 2 is 2.06 bits per heavy atom. The van der Waals surface area contributed by atoms with E-state index in [4.69, 9.17) is 0 Å². The Morgan fingerprint density at radius 3 is 2.59 bits per heavy atom. The SMILES string of the molecule is O=S(=O)(CCCCOC(F)(F)F)N1C=CNC1. The second-order valence-corrected chi connectivity index (χ2v) is 5.42. The molecule has 100 valence electrons. The lowest BCUT2D eigenvalue weighted by molar-refractivity contribution is -0.324. The zero-order chi connectivity index (χ0) is 12.9. The molecule has 1 aliphatic rings. The highest BCUT2D eigenvalue weighted by molar-refractivity contribution is 7.89. The third-order valence-electron chi connectivity index (χ3n) is 2.03. The number of halogens is 3. The minimum absolute atomic E-state index is 0.0454. The number of hydrogen-bond donors (Lipinski definition) is 1. The van der Waals surface area contributed by atoms with Gasteiger partial charge >= 0.3 is 6.36 Å². The van der Waals surface area contributed by atoms with Crippen LogP contribution in [0.1, 0.15) is 12.8 Å². The van der Waals surface area contributed by atoms with Crippen molar-refractivity contribution < 1.29 is 26.3 Å². The molecule has 0 aliphatic carbocycles. The lowest BCUT2D eigenvalue weighted by Crippen LogP contribution is -2.30. The molecular weight excluding hydrogens is 261 g/mol. The molecule has 0 atom stereocenters. The number of ether oxygens (including phenoxy) is 1. The van der Waals surface area contributed by atoms with Gasteiger partial charge < -0.3 is 5.32 Å². The van der Waals surface area contributed by atoms with E-state index in [0.29, 0.717) is 0 Å². The van der Waals surface area contributed by atoms with Gasteiger partial charge in [0, 0.05) is 12.4 Å². The third kappa shape index (κ3) is 5.26. The molecule has 0 aromatic heterocycles. The van der Waals surface area contributed by atoms with Crippen molar-refractivity contribution in [1.29, 1.82) is 0 Å². The summed E-state index contributed by atoms with van der Waals surface area (Å²) in [6.45, 7) is -0.353. The van der Waals surface area contributed by atoms with Gasteiger partial charge in [-0.1, -0.05) is 0 Å². The number of alkyl halides is 3. The minimum Gasteiger partial charge on any atom is -0.372 e. The Kier molecular flexibility index (Phi) is 4.63. The maximum absolute atomic E-state index is 11.6. The smallest absolute Gasteiger partial charge is 0.372 e. The van der Waals surface area contributed by atoms with Gasteiger partial charge in [-0.15, -0.1) is 13.2 Å². The molecule has 0 fully saturated rings. The van der Waals surface area contributed by atoms with Crippen molar-refractivity contribution in [2.24, 2.45) is 0 Å². The first-order chi connectivity index (χ1) is 7.81. The fraction of sp³-hybridized carbons (Fsp3) is 0.750. The van der Waals surface area contributed by atoms with E-state index >= 15 is 0 Å². The van der Waals surface area contributed by atoms with E-state index in [1.165, 1.54) is 12.4 Å². The van der Waals surface area contributed by atoms with Crippen molar-refractivity contribution in [3.05, 3.63) is 12.4 Å². The molecule has 1 rings (SSSR count). The van der Waals surface area contributed by atoms with Gasteiger partial charge in [-0.05, 0) is 12.8 Å². The van der Waals surface area contributed by atoms with Crippen molar-refractivity contribution in [3.8, 4) is 0 Å². The quantitative estimate of drug-likeness (QED) is 0.733. The minimum atomic E-state index is -4.65. The molecule has 0 saturated carbocycles. The van der Waals surface area contributed by atoms with Crippen LogP contribution in [0.25, 0.3) is 0 Å². The van der Waals surface area contributed by atoms with E-state index < -0.39 is 23.0 Å². The van der Waals surface area contributed by atoms with E-state index in [1.807, 2.05) is 0 Å². The van der Waals surface area contributed by atoms with Crippen LogP contribution in [0.15, 0.2) is 12.4 Å². The van der Waals surface area contributed by atoms with E-state index in [1.54, 1.807) is 0 Å². The summed E-state index contributed by atoms with van der Waals surface area (Å²) in [4.78, 5) is 0. The van der Waals surface area contributed by atoms with Crippen molar-refractivity contribution in [2.45, 2.75) is 19.2 Å². The Morgan fingerprint density at radius 1 is 1.35 bits per heavy atom. The molecule has 0 spiro atoms. The molecule has 0 radical (unpaired) electrons. The Hall–Kier alpha value is -0.960. The predicted octanol–water partition coefficient (Wildman–Crippen LogP) is 0.967. The van der Waals surface area contributed by atoms with Gasteiger partial charge in [-0.2, -0.15) is 0 Å². The molecule has 1 heterocycles. The van der Waals surface area contributed by atoms with Gasteiger partial charge in [-0.3, -0.25) is 9.04 Å². The van der Waals surface area contributed by atoms with Gasteiger partial charge in [-0.25, -0.2) is 8.42 Å². The van der Waals surface area contributed by atoms with E-state index in [9.17, 15) is 21.6 Å². The van der Waals surface area contributed by atoms with Crippen LogP contribution >= 0.6 is 0 Å². The fourth-order valence-corrected chi connectivity index (χ4v) is 2.53. The summed E-state index contributed by atoms with van der Waals surface area (Å²) in [6, 6.07) is 0. The topological polar surface area (TPSA) is 58.6 Å². The summed E-state index contributed by atoms with van der Waals surface area (Å²) in [5.74, 6) is -0.194. The average molecular weight is 274 g/mol. The first-order valence-electron chi connectivity index (χ1n) is 4.91. The van der Waals surface area contributed by atoms with Crippen LogP contribution in [-0.4, -0.2) is 38.1 Å². The highest BCUT2D eigenvalue weighted by Gasteiger charge is 2.28. The van der Waals surface area contributed by atoms with Crippen LogP contribution in [0, 0.1) is 0 Å². The summed E-state index contributed by atoms with van der Waals surface area (Å²) in [5.41, 5.74) is 0. The molecule has 0 saturated heterocycles. The second-order valence-electron chi connectivity index (χ2n) is 3.38. The van der Waals surface area contributed by atoms with Crippen molar-refractivity contribution in [1.82, 2.24) is 9.62 Å². The van der Waals surface area contributed by atoms with Crippen LogP contribution in [0.5, 0.6) is 0 Å². The highest BCUT2D eigenvalue weighted by atomic mass is 32.2. The zero-order valence-electron chi connectivity index (χ0n) is 8.90. The lowest BCUT2D eigenvalue weighted by atomic mass is 10.4. The van der Waals surface area contributed by atoms with Crippen LogP contribution in [0.4, 0.5) is 13.2 Å². The molecular formula is C8H13F3N2O3S. The van der Waals surface area contributed by atoms with Gasteiger partial charge in [0.15, 0.2) is 0 Å². The molecule has 5 nitrogen and oxygen atoms in total. The van der Waals surface area contributed by atoms with Crippen molar-refractivity contribution in [3.63, 3.8) is 0 Å². The monoisotopic (exact) mass is 274 g/mol. The molecule has 0 bridgehead atoms. The van der Waals surface area contributed by atoms with Crippen LogP contribution in [0.2, 0.25) is 0 Å². The number of rotatable bonds is 6. The van der Waals surface area contributed by atoms with E-state index in [-0.39, 0.29) is 25.3 Å². The zero-order valence-corrected chi connectivity index (χ0v) is 9.72. The summed E-state index contributed by atoms with van der Waals surface area (Å²) in [5, 5.41) is 2.69. The number of nitrogens with zero attached hydrogens (tertiary/aromatic N) is 1. The molecule has 1 N–H and O–H groups in total. The molecule has 17 heavy (non-hydrogen) atoms. The Bertz CT molecular complexity index is 367. The Labute approximate surface area is 97.3 Å². The first kappa shape index (κ1) is 14.1. The van der Waals surface area contributed by atoms with Gasteiger partial charge in [0.2, 0.25) is 10.0 Å². The van der Waals surface area contributed by atoms with E-state index in [2.05, 4.69) is 10.1 Å². The lowest BCUT2D eigenvalue weighted by Gasteiger charge is -2.15. The van der Waals surface area contributed by atoms with E-state index in [0.717, 1.165) is 4.31 Å². The number of hydrogen-bond acceptors (Lipinski definition) is 4. The van der Waals surface area contributed by atoms with Crippen LogP contribution in [0.3, 0.4) is 0 Å².